The summed E-state index contributed by atoms with van der Waals surface area (Å²) in [7, 11) is 0. The molecule has 0 aromatic rings. The molecule has 0 saturated heterocycles. The molecule has 0 heterocycles. The van der Waals surface area contributed by atoms with E-state index in [9.17, 15) is 4.79 Å². The van der Waals surface area contributed by atoms with E-state index in [1.165, 1.54) is 6.92 Å². The van der Waals surface area contributed by atoms with Crippen molar-refractivity contribution < 1.29 is 14.6 Å². The second-order valence-electron chi connectivity index (χ2n) is 4.18. The summed E-state index contributed by atoms with van der Waals surface area (Å²) in [4.78, 5) is 10.6. The highest BCUT2D eigenvalue weighted by atomic mass is 16.5. The van der Waals surface area contributed by atoms with Crippen LogP contribution >= 0.6 is 0 Å². The molecule has 1 unspecified atom stereocenters. The molecular formula is C9H18O3. The van der Waals surface area contributed by atoms with Crippen LogP contribution in [0.15, 0.2) is 0 Å². The molecule has 0 fully saturated rings. The minimum Gasteiger partial charge on any atom is -0.460 e. The number of hydrogen-bond donors (Lipinski definition) is 1. The molecule has 3 nitrogen and oxygen atoms in total. The van der Waals surface area contributed by atoms with Gasteiger partial charge in [0.15, 0.2) is 0 Å². The number of aliphatic hydroxyl groups excluding tert-OH is 1. The van der Waals surface area contributed by atoms with E-state index in [1.807, 2.05) is 20.8 Å². The van der Waals surface area contributed by atoms with Crippen molar-refractivity contribution in [1.29, 1.82) is 0 Å². The number of carbonyl (C=O) groups is 1. The first-order chi connectivity index (χ1) is 5.35. The van der Waals surface area contributed by atoms with Crippen LogP contribution in [0.5, 0.6) is 0 Å². The highest BCUT2D eigenvalue weighted by molar-refractivity contribution is 5.66. The van der Waals surface area contributed by atoms with Crippen molar-refractivity contribution in [3.63, 3.8) is 0 Å². The molecule has 12 heavy (non-hydrogen) atoms. The Balaban J connectivity index is 3.92. The SMILES string of the molecule is CC(=O)OC(CO)CC(C)(C)C. The van der Waals surface area contributed by atoms with Gasteiger partial charge in [-0.25, -0.2) is 0 Å². The second kappa shape index (κ2) is 4.45. The third kappa shape index (κ3) is 6.16. The molecule has 0 amide bonds. The number of esters is 1. The third-order valence-electron chi connectivity index (χ3n) is 1.38. The second-order valence-corrected chi connectivity index (χ2v) is 4.18. The van der Waals surface area contributed by atoms with Crippen molar-refractivity contribution in [2.24, 2.45) is 5.41 Å². The summed E-state index contributed by atoms with van der Waals surface area (Å²) in [5.41, 5.74) is 0.0723. The summed E-state index contributed by atoms with van der Waals surface area (Å²) >= 11 is 0. The molecule has 0 radical (unpaired) electrons. The normalized spacial score (nSPS) is 14.1. The maximum atomic E-state index is 10.6. The van der Waals surface area contributed by atoms with Gasteiger partial charge in [0.05, 0.1) is 6.61 Å². The molecule has 1 atom stereocenters. The number of aliphatic hydroxyl groups is 1. The van der Waals surface area contributed by atoms with E-state index in [0.29, 0.717) is 6.42 Å². The Kier molecular flexibility index (Phi) is 4.24. The molecule has 0 aromatic carbocycles. The largest absolute Gasteiger partial charge is 0.460 e. The van der Waals surface area contributed by atoms with E-state index in [-0.39, 0.29) is 24.1 Å². The topological polar surface area (TPSA) is 46.5 Å². The Morgan fingerprint density at radius 3 is 2.25 bits per heavy atom. The van der Waals surface area contributed by atoms with E-state index in [1.54, 1.807) is 0 Å². The van der Waals surface area contributed by atoms with Gasteiger partial charge in [0.25, 0.3) is 0 Å². The molecule has 0 saturated carbocycles. The van der Waals surface area contributed by atoms with Gasteiger partial charge in [-0.3, -0.25) is 4.79 Å². The van der Waals surface area contributed by atoms with E-state index >= 15 is 0 Å². The predicted octanol–water partition coefficient (Wildman–Crippen LogP) is 1.35. The molecule has 0 spiro atoms. The van der Waals surface area contributed by atoms with E-state index in [2.05, 4.69) is 0 Å². The number of carbonyl (C=O) groups excluding carboxylic acids is 1. The first-order valence-corrected chi connectivity index (χ1v) is 4.13. The summed E-state index contributed by atoms with van der Waals surface area (Å²) in [6.07, 6.45) is 0.325. The highest BCUT2D eigenvalue weighted by Gasteiger charge is 2.19. The molecule has 0 aromatic heterocycles. The highest BCUT2D eigenvalue weighted by Crippen LogP contribution is 2.22. The lowest BCUT2D eigenvalue weighted by Gasteiger charge is -2.23. The van der Waals surface area contributed by atoms with Crippen LogP contribution in [0.3, 0.4) is 0 Å². The lowest BCUT2D eigenvalue weighted by Crippen LogP contribution is -2.26. The fourth-order valence-corrected chi connectivity index (χ4v) is 1.06. The summed E-state index contributed by atoms with van der Waals surface area (Å²) in [5, 5.41) is 8.86. The van der Waals surface area contributed by atoms with Gasteiger partial charge in [-0.05, 0) is 11.8 Å². The van der Waals surface area contributed by atoms with Crippen molar-refractivity contribution in [2.45, 2.75) is 40.2 Å². The van der Waals surface area contributed by atoms with Crippen LogP contribution in [-0.2, 0) is 9.53 Å². The lowest BCUT2D eigenvalue weighted by atomic mass is 9.89. The van der Waals surface area contributed by atoms with Crippen molar-refractivity contribution in [3.05, 3.63) is 0 Å². The fourth-order valence-electron chi connectivity index (χ4n) is 1.06. The van der Waals surface area contributed by atoms with Gasteiger partial charge in [0.1, 0.15) is 6.10 Å². The Morgan fingerprint density at radius 1 is 1.50 bits per heavy atom. The predicted molar refractivity (Wildman–Crippen MR) is 46.7 cm³/mol. The van der Waals surface area contributed by atoms with Crippen LogP contribution in [0.1, 0.15) is 34.1 Å². The van der Waals surface area contributed by atoms with Crippen LogP contribution < -0.4 is 0 Å². The van der Waals surface area contributed by atoms with Gasteiger partial charge in [-0.2, -0.15) is 0 Å². The molecular weight excluding hydrogens is 156 g/mol. The molecule has 0 aliphatic heterocycles. The van der Waals surface area contributed by atoms with E-state index < -0.39 is 0 Å². The zero-order chi connectivity index (χ0) is 9.78. The summed E-state index contributed by atoms with van der Waals surface area (Å²) in [5.74, 6) is -0.335. The Bertz CT molecular complexity index is 146. The van der Waals surface area contributed by atoms with Gasteiger partial charge in [-0.1, -0.05) is 20.8 Å². The van der Waals surface area contributed by atoms with Crippen LogP contribution in [0.2, 0.25) is 0 Å². The Hall–Kier alpha value is -0.570. The quantitative estimate of drug-likeness (QED) is 0.657. The average Bonchev–Trinajstić information content (AvgIpc) is 1.82. The van der Waals surface area contributed by atoms with Crippen molar-refractivity contribution in [2.75, 3.05) is 6.61 Å². The molecule has 0 aliphatic rings. The fraction of sp³-hybridized carbons (Fsp3) is 0.889. The minimum atomic E-state index is -0.359. The van der Waals surface area contributed by atoms with Crippen LogP contribution in [0.25, 0.3) is 0 Å². The first kappa shape index (κ1) is 11.4. The summed E-state index contributed by atoms with van der Waals surface area (Å²) in [6, 6.07) is 0. The van der Waals surface area contributed by atoms with Gasteiger partial charge in [0, 0.05) is 6.92 Å². The number of ether oxygens (including phenoxy) is 1. The van der Waals surface area contributed by atoms with E-state index in [4.69, 9.17) is 9.84 Å². The van der Waals surface area contributed by atoms with Gasteiger partial charge >= 0.3 is 5.97 Å². The molecule has 0 rings (SSSR count). The van der Waals surface area contributed by atoms with Gasteiger partial charge in [-0.15, -0.1) is 0 Å². The zero-order valence-corrected chi connectivity index (χ0v) is 8.26. The smallest absolute Gasteiger partial charge is 0.302 e. The molecule has 3 heteroatoms. The molecule has 1 N–H and O–H groups in total. The maximum absolute atomic E-state index is 10.6. The molecule has 0 bridgehead atoms. The van der Waals surface area contributed by atoms with Crippen LogP contribution in [0, 0.1) is 5.41 Å². The third-order valence-corrected chi connectivity index (χ3v) is 1.38. The van der Waals surface area contributed by atoms with Gasteiger partial charge in [0.2, 0.25) is 0 Å². The monoisotopic (exact) mass is 174 g/mol. The lowest BCUT2D eigenvalue weighted by molar-refractivity contribution is -0.149. The van der Waals surface area contributed by atoms with Crippen molar-refractivity contribution in [3.8, 4) is 0 Å². The summed E-state index contributed by atoms with van der Waals surface area (Å²) < 4.78 is 4.89. The minimum absolute atomic E-state index is 0.0723. The average molecular weight is 174 g/mol. The molecule has 0 aliphatic carbocycles. The van der Waals surface area contributed by atoms with Crippen LogP contribution in [-0.4, -0.2) is 23.8 Å². The summed E-state index contributed by atoms with van der Waals surface area (Å²) in [6.45, 7) is 7.37. The Labute approximate surface area is 73.7 Å². The van der Waals surface area contributed by atoms with Crippen LogP contribution in [0.4, 0.5) is 0 Å². The van der Waals surface area contributed by atoms with Crippen molar-refractivity contribution in [1.82, 2.24) is 0 Å². The van der Waals surface area contributed by atoms with Gasteiger partial charge < -0.3 is 9.84 Å². The molecule has 72 valence electrons. The van der Waals surface area contributed by atoms with Crippen molar-refractivity contribution >= 4 is 5.97 Å². The maximum Gasteiger partial charge on any atom is 0.302 e. The number of rotatable bonds is 3. The zero-order valence-electron chi connectivity index (χ0n) is 8.26. The first-order valence-electron chi connectivity index (χ1n) is 4.13. The number of hydrogen-bond acceptors (Lipinski definition) is 3. The Morgan fingerprint density at radius 2 is 2.00 bits per heavy atom. The van der Waals surface area contributed by atoms with E-state index in [0.717, 1.165) is 0 Å². The standard InChI is InChI=1S/C9H18O3/c1-7(11)12-8(6-10)5-9(2,3)4/h8,10H,5-6H2,1-4H3.